The SMILES string of the molecule is CCN(C(=O)CNCC(C)(C)C(C)C)C1CC1. The Morgan fingerprint density at radius 3 is 2.41 bits per heavy atom. The molecule has 0 spiro atoms. The number of nitrogens with one attached hydrogen (secondary N) is 1. The van der Waals surface area contributed by atoms with Crippen LogP contribution in [0.3, 0.4) is 0 Å². The van der Waals surface area contributed by atoms with E-state index in [4.69, 9.17) is 0 Å². The first-order chi connectivity index (χ1) is 7.88. The minimum atomic E-state index is 0.247. The fourth-order valence-corrected chi connectivity index (χ4v) is 1.82. The van der Waals surface area contributed by atoms with Gasteiger partial charge >= 0.3 is 0 Å². The van der Waals surface area contributed by atoms with Crippen molar-refractivity contribution in [3.63, 3.8) is 0 Å². The van der Waals surface area contributed by atoms with Gasteiger partial charge in [-0.25, -0.2) is 0 Å². The quantitative estimate of drug-likeness (QED) is 0.740. The van der Waals surface area contributed by atoms with E-state index in [1.165, 1.54) is 12.8 Å². The lowest BCUT2D eigenvalue weighted by Gasteiger charge is -2.30. The van der Waals surface area contributed by atoms with Crippen LogP contribution in [0.25, 0.3) is 0 Å². The Labute approximate surface area is 106 Å². The van der Waals surface area contributed by atoms with E-state index >= 15 is 0 Å². The third kappa shape index (κ3) is 4.30. The molecule has 1 fully saturated rings. The van der Waals surface area contributed by atoms with Gasteiger partial charge in [-0.3, -0.25) is 4.79 Å². The smallest absolute Gasteiger partial charge is 0.236 e. The van der Waals surface area contributed by atoms with Crippen LogP contribution in [0.4, 0.5) is 0 Å². The summed E-state index contributed by atoms with van der Waals surface area (Å²) in [5, 5.41) is 3.31. The lowest BCUT2D eigenvalue weighted by atomic mass is 9.81. The Balaban J connectivity index is 2.28. The Hall–Kier alpha value is -0.570. The summed E-state index contributed by atoms with van der Waals surface area (Å²) in [4.78, 5) is 14.0. The van der Waals surface area contributed by atoms with Gasteiger partial charge in [0.25, 0.3) is 0 Å². The van der Waals surface area contributed by atoms with E-state index < -0.39 is 0 Å². The van der Waals surface area contributed by atoms with Crippen LogP contribution >= 0.6 is 0 Å². The molecule has 1 N–H and O–H groups in total. The van der Waals surface area contributed by atoms with E-state index in [-0.39, 0.29) is 11.3 Å². The van der Waals surface area contributed by atoms with Gasteiger partial charge in [-0.2, -0.15) is 0 Å². The van der Waals surface area contributed by atoms with Crippen molar-refractivity contribution in [1.29, 1.82) is 0 Å². The van der Waals surface area contributed by atoms with Crippen molar-refractivity contribution in [1.82, 2.24) is 10.2 Å². The summed E-state index contributed by atoms with van der Waals surface area (Å²) in [5.74, 6) is 0.880. The predicted octanol–water partition coefficient (Wildman–Crippen LogP) is 2.27. The normalized spacial score (nSPS) is 16.4. The molecule has 0 heterocycles. The Morgan fingerprint density at radius 2 is 2.00 bits per heavy atom. The molecule has 1 amide bonds. The molecular weight excluding hydrogens is 212 g/mol. The fourth-order valence-electron chi connectivity index (χ4n) is 1.82. The van der Waals surface area contributed by atoms with Crippen molar-refractivity contribution < 1.29 is 4.79 Å². The van der Waals surface area contributed by atoms with E-state index in [2.05, 4.69) is 39.9 Å². The van der Waals surface area contributed by atoms with Gasteiger partial charge in [-0.1, -0.05) is 27.7 Å². The number of hydrogen-bond acceptors (Lipinski definition) is 2. The number of carbonyl (C=O) groups is 1. The molecule has 1 aliphatic rings. The number of amides is 1. The van der Waals surface area contributed by atoms with Crippen LogP contribution in [-0.2, 0) is 4.79 Å². The van der Waals surface area contributed by atoms with Gasteiger partial charge in [0.2, 0.25) is 5.91 Å². The lowest BCUT2D eigenvalue weighted by molar-refractivity contribution is -0.130. The summed E-state index contributed by atoms with van der Waals surface area (Å²) >= 11 is 0. The molecule has 0 aromatic heterocycles. The molecule has 100 valence electrons. The molecule has 3 heteroatoms. The van der Waals surface area contributed by atoms with Crippen LogP contribution < -0.4 is 5.32 Å². The van der Waals surface area contributed by atoms with Crippen LogP contribution in [0.15, 0.2) is 0 Å². The van der Waals surface area contributed by atoms with Crippen LogP contribution in [0, 0.1) is 11.3 Å². The highest BCUT2D eigenvalue weighted by molar-refractivity contribution is 5.78. The zero-order valence-corrected chi connectivity index (χ0v) is 12.0. The summed E-state index contributed by atoms with van der Waals surface area (Å²) in [5.41, 5.74) is 0.247. The topological polar surface area (TPSA) is 32.3 Å². The van der Waals surface area contributed by atoms with E-state index in [1.807, 2.05) is 4.90 Å². The molecule has 0 bridgehead atoms. The maximum Gasteiger partial charge on any atom is 0.236 e. The zero-order valence-electron chi connectivity index (χ0n) is 12.0. The Bertz CT molecular complexity index is 257. The average Bonchev–Trinajstić information content (AvgIpc) is 3.02. The molecule has 17 heavy (non-hydrogen) atoms. The van der Waals surface area contributed by atoms with Gasteiger partial charge in [-0.15, -0.1) is 0 Å². The Kier molecular flexibility index (Phi) is 4.99. The predicted molar refractivity (Wildman–Crippen MR) is 71.9 cm³/mol. The number of nitrogens with zero attached hydrogens (tertiary/aromatic N) is 1. The molecule has 0 saturated heterocycles. The van der Waals surface area contributed by atoms with Crippen molar-refractivity contribution >= 4 is 5.91 Å². The first-order valence-corrected chi connectivity index (χ1v) is 6.88. The third-order valence-electron chi connectivity index (χ3n) is 4.07. The van der Waals surface area contributed by atoms with Gasteiger partial charge in [-0.05, 0) is 31.1 Å². The van der Waals surface area contributed by atoms with E-state index in [1.54, 1.807) is 0 Å². The van der Waals surface area contributed by atoms with Gasteiger partial charge in [0.05, 0.1) is 6.54 Å². The van der Waals surface area contributed by atoms with Crippen LogP contribution in [-0.4, -0.2) is 36.5 Å². The molecule has 1 rings (SSSR count). The molecule has 3 nitrogen and oxygen atoms in total. The highest BCUT2D eigenvalue weighted by Crippen LogP contribution is 2.27. The molecule has 0 aromatic carbocycles. The van der Waals surface area contributed by atoms with Crippen LogP contribution in [0.2, 0.25) is 0 Å². The third-order valence-corrected chi connectivity index (χ3v) is 4.07. The standard InChI is InChI=1S/C14H28N2O/c1-6-16(12-7-8-12)13(17)9-15-10-14(4,5)11(2)3/h11-12,15H,6-10H2,1-5H3. The van der Waals surface area contributed by atoms with Crippen molar-refractivity contribution in [2.24, 2.45) is 11.3 Å². The number of hydrogen-bond donors (Lipinski definition) is 1. The Morgan fingerprint density at radius 1 is 1.41 bits per heavy atom. The van der Waals surface area contributed by atoms with E-state index in [9.17, 15) is 4.79 Å². The van der Waals surface area contributed by atoms with Crippen molar-refractivity contribution in [2.75, 3.05) is 19.6 Å². The fraction of sp³-hybridized carbons (Fsp3) is 0.929. The van der Waals surface area contributed by atoms with E-state index in [0.717, 1.165) is 13.1 Å². The van der Waals surface area contributed by atoms with Crippen LogP contribution in [0.5, 0.6) is 0 Å². The molecule has 1 saturated carbocycles. The number of likely N-dealkylation sites (N-methyl/N-ethyl adjacent to an activating group) is 1. The molecule has 1 aliphatic carbocycles. The highest BCUT2D eigenvalue weighted by atomic mass is 16.2. The minimum Gasteiger partial charge on any atom is -0.339 e. The molecule has 0 radical (unpaired) electrons. The average molecular weight is 240 g/mol. The molecular formula is C14H28N2O. The summed E-state index contributed by atoms with van der Waals surface area (Å²) in [6, 6.07) is 0.535. The zero-order chi connectivity index (χ0) is 13.1. The first kappa shape index (κ1) is 14.5. The number of rotatable bonds is 7. The monoisotopic (exact) mass is 240 g/mol. The maximum absolute atomic E-state index is 12.0. The van der Waals surface area contributed by atoms with Crippen molar-refractivity contribution in [2.45, 2.75) is 53.5 Å². The molecule has 0 unspecified atom stereocenters. The van der Waals surface area contributed by atoms with Gasteiger partial charge in [0, 0.05) is 19.1 Å². The summed E-state index contributed by atoms with van der Waals surface area (Å²) in [6.07, 6.45) is 2.38. The molecule has 0 atom stereocenters. The second-order valence-corrected chi connectivity index (χ2v) is 6.16. The number of carbonyl (C=O) groups excluding carboxylic acids is 1. The summed E-state index contributed by atoms with van der Waals surface area (Å²) in [6.45, 7) is 13.2. The summed E-state index contributed by atoms with van der Waals surface area (Å²) < 4.78 is 0. The molecule has 0 aromatic rings. The highest BCUT2D eigenvalue weighted by Gasteiger charge is 2.31. The second-order valence-electron chi connectivity index (χ2n) is 6.16. The van der Waals surface area contributed by atoms with Gasteiger partial charge in [0.15, 0.2) is 0 Å². The maximum atomic E-state index is 12.0. The van der Waals surface area contributed by atoms with Gasteiger partial charge in [0.1, 0.15) is 0 Å². The largest absolute Gasteiger partial charge is 0.339 e. The van der Waals surface area contributed by atoms with E-state index in [0.29, 0.717) is 18.5 Å². The van der Waals surface area contributed by atoms with Gasteiger partial charge < -0.3 is 10.2 Å². The van der Waals surface area contributed by atoms with Crippen molar-refractivity contribution in [3.8, 4) is 0 Å². The molecule has 0 aliphatic heterocycles. The van der Waals surface area contributed by atoms with Crippen molar-refractivity contribution in [3.05, 3.63) is 0 Å². The lowest BCUT2D eigenvalue weighted by Crippen LogP contribution is -2.42. The summed E-state index contributed by atoms with van der Waals surface area (Å²) in [7, 11) is 0. The first-order valence-electron chi connectivity index (χ1n) is 6.88. The minimum absolute atomic E-state index is 0.247. The second kappa shape index (κ2) is 5.85. The van der Waals surface area contributed by atoms with Crippen LogP contribution in [0.1, 0.15) is 47.5 Å².